The molecular formula is C11H21N5O. The molecule has 2 heterocycles. The summed E-state index contributed by atoms with van der Waals surface area (Å²) in [6.45, 7) is 5.73. The first kappa shape index (κ1) is 12.4. The summed E-state index contributed by atoms with van der Waals surface area (Å²) in [5, 5.41) is 15.7. The number of aromatic nitrogens is 4. The minimum absolute atomic E-state index is 0.136. The smallest absolute Gasteiger partial charge is 0.175 e. The van der Waals surface area contributed by atoms with Gasteiger partial charge in [-0.3, -0.25) is 0 Å². The van der Waals surface area contributed by atoms with Gasteiger partial charge in [-0.2, -0.15) is 4.80 Å². The Morgan fingerprint density at radius 1 is 1.53 bits per heavy atom. The summed E-state index contributed by atoms with van der Waals surface area (Å²) >= 11 is 0. The average Bonchev–Trinajstić information content (AvgIpc) is 2.73. The molecule has 1 aromatic heterocycles. The number of ether oxygens (including phenoxy) is 1. The predicted octanol–water partition coefficient (Wildman–Crippen LogP) is 0.159. The minimum Gasteiger partial charge on any atom is -0.381 e. The molecule has 1 aromatic rings. The summed E-state index contributed by atoms with van der Waals surface area (Å²) in [4.78, 5) is 1.51. The molecule has 0 saturated carbocycles. The van der Waals surface area contributed by atoms with Crippen LogP contribution in [-0.4, -0.2) is 46.5 Å². The number of nitrogens with zero attached hydrogens (tertiary/aromatic N) is 4. The van der Waals surface area contributed by atoms with E-state index < -0.39 is 0 Å². The van der Waals surface area contributed by atoms with E-state index in [1.54, 1.807) is 7.05 Å². The molecule has 6 heteroatoms. The summed E-state index contributed by atoms with van der Waals surface area (Å²) in [6, 6.07) is 0. The lowest BCUT2D eigenvalue weighted by Gasteiger charge is -2.36. The van der Waals surface area contributed by atoms with Crippen LogP contribution in [-0.2, 0) is 18.2 Å². The van der Waals surface area contributed by atoms with Crippen molar-refractivity contribution in [2.75, 3.05) is 26.3 Å². The van der Waals surface area contributed by atoms with Crippen molar-refractivity contribution in [1.82, 2.24) is 25.5 Å². The van der Waals surface area contributed by atoms with Crippen molar-refractivity contribution in [2.24, 2.45) is 12.5 Å². The Kier molecular flexibility index (Phi) is 4.06. The number of hydrogen-bond acceptors (Lipinski definition) is 5. The Bertz CT molecular complexity index is 345. The minimum atomic E-state index is 0.136. The number of nitrogens with one attached hydrogen (secondary N) is 1. The van der Waals surface area contributed by atoms with E-state index in [9.17, 15) is 0 Å². The van der Waals surface area contributed by atoms with Gasteiger partial charge in [-0.15, -0.1) is 10.2 Å². The van der Waals surface area contributed by atoms with E-state index >= 15 is 0 Å². The van der Waals surface area contributed by atoms with Gasteiger partial charge in [0.15, 0.2) is 5.82 Å². The topological polar surface area (TPSA) is 64.9 Å². The summed E-state index contributed by atoms with van der Waals surface area (Å²) in [5.41, 5.74) is 0.136. The summed E-state index contributed by atoms with van der Waals surface area (Å²) < 4.78 is 5.64. The normalized spacial score (nSPS) is 25.1. The van der Waals surface area contributed by atoms with Crippen LogP contribution in [0.3, 0.4) is 0 Å². The van der Waals surface area contributed by atoms with E-state index in [-0.39, 0.29) is 5.41 Å². The largest absolute Gasteiger partial charge is 0.381 e. The molecule has 1 fully saturated rings. The maximum absolute atomic E-state index is 5.64. The molecule has 0 aromatic carbocycles. The third-order valence-corrected chi connectivity index (χ3v) is 3.24. The van der Waals surface area contributed by atoms with Crippen molar-refractivity contribution in [3.8, 4) is 0 Å². The molecule has 0 bridgehead atoms. The van der Waals surface area contributed by atoms with Crippen molar-refractivity contribution >= 4 is 0 Å². The highest BCUT2D eigenvalue weighted by Gasteiger charge is 2.34. The van der Waals surface area contributed by atoms with Crippen molar-refractivity contribution in [3.63, 3.8) is 0 Å². The fourth-order valence-electron chi connectivity index (χ4n) is 2.37. The molecule has 0 aliphatic carbocycles. The Morgan fingerprint density at radius 2 is 2.41 bits per heavy atom. The molecule has 1 N–H and O–H groups in total. The number of rotatable bonds is 5. The van der Waals surface area contributed by atoms with Crippen LogP contribution in [0.25, 0.3) is 0 Å². The zero-order valence-corrected chi connectivity index (χ0v) is 10.6. The lowest BCUT2D eigenvalue weighted by atomic mass is 9.79. The van der Waals surface area contributed by atoms with Crippen LogP contribution >= 0.6 is 0 Å². The molecule has 0 radical (unpaired) electrons. The molecule has 96 valence electrons. The highest BCUT2D eigenvalue weighted by atomic mass is 16.5. The van der Waals surface area contributed by atoms with Crippen LogP contribution in [0.2, 0.25) is 0 Å². The molecule has 6 nitrogen and oxygen atoms in total. The van der Waals surface area contributed by atoms with Gasteiger partial charge in [0.25, 0.3) is 0 Å². The number of aryl methyl sites for hydroxylation is 1. The van der Waals surface area contributed by atoms with Gasteiger partial charge in [-0.25, -0.2) is 0 Å². The zero-order valence-electron chi connectivity index (χ0n) is 10.6. The fraction of sp³-hybridized carbons (Fsp3) is 0.909. The molecule has 1 atom stereocenters. The van der Waals surface area contributed by atoms with Crippen molar-refractivity contribution < 1.29 is 4.74 Å². The van der Waals surface area contributed by atoms with Crippen LogP contribution in [0.1, 0.15) is 25.6 Å². The van der Waals surface area contributed by atoms with Gasteiger partial charge in [0.2, 0.25) is 0 Å². The van der Waals surface area contributed by atoms with E-state index in [1.807, 2.05) is 0 Å². The molecule has 0 spiro atoms. The van der Waals surface area contributed by atoms with Crippen LogP contribution < -0.4 is 5.32 Å². The van der Waals surface area contributed by atoms with E-state index in [0.29, 0.717) is 0 Å². The Morgan fingerprint density at radius 3 is 3.00 bits per heavy atom. The Labute approximate surface area is 102 Å². The first-order valence-corrected chi connectivity index (χ1v) is 6.25. The van der Waals surface area contributed by atoms with E-state index in [1.165, 1.54) is 4.80 Å². The lowest BCUT2D eigenvalue weighted by molar-refractivity contribution is -0.00795. The molecule has 1 unspecified atom stereocenters. The van der Waals surface area contributed by atoms with Gasteiger partial charge in [0, 0.05) is 25.0 Å². The van der Waals surface area contributed by atoms with Crippen LogP contribution in [0, 0.1) is 5.41 Å². The maximum atomic E-state index is 5.64. The SMILES string of the molecule is CCNCC1(Cc2nnn(C)n2)CCCOC1. The Hall–Kier alpha value is -1.01. The van der Waals surface area contributed by atoms with Gasteiger partial charge >= 0.3 is 0 Å². The molecular weight excluding hydrogens is 218 g/mol. The second-order valence-corrected chi connectivity index (χ2v) is 4.81. The second-order valence-electron chi connectivity index (χ2n) is 4.81. The predicted molar refractivity (Wildman–Crippen MR) is 63.5 cm³/mol. The third-order valence-electron chi connectivity index (χ3n) is 3.24. The highest BCUT2D eigenvalue weighted by molar-refractivity contribution is 4.93. The summed E-state index contributed by atoms with van der Waals surface area (Å²) in [6.07, 6.45) is 3.12. The monoisotopic (exact) mass is 239 g/mol. The van der Waals surface area contributed by atoms with E-state index in [2.05, 4.69) is 27.7 Å². The van der Waals surface area contributed by atoms with Gasteiger partial charge < -0.3 is 10.1 Å². The van der Waals surface area contributed by atoms with Gasteiger partial charge in [-0.1, -0.05) is 6.92 Å². The Balaban J connectivity index is 2.03. The van der Waals surface area contributed by atoms with Crippen LogP contribution in [0.4, 0.5) is 0 Å². The highest BCUT2D eigenvalue weighted by Crippen LogP contribution is 2.30. The fourth-order valence-corrected chi connectivity index (χ4v) is 2.37. The van der Waals surface area contributed by atoms with Crippen LogP contribution in [0.15, 0.2) is 0 Å². The number of hydrogen-bond donors (Lipinski definition) is 1. The lowest BCUT2D eigenvalue weighted by Crippen LogP contribution is -2.43. The second kappa shape index (κ2) is 5.55. The van der Waals surface area contributed by atoms with E-state index in [0.717, 1.165) is 51.4 Å². The third kappa shape index (κ3) is 3.23. The molecule has 1 saturated heterocycles. The molecule has 1 aliphatic rings. The van der Waals surface area contributed by atoms with Crippen molar-refractivity contribution in [2.45, 2.75) is 26.2 Å². The maximum Gasteiger partial charge on any atom is 0.175 e. The first-order chi connectivity index (χ1) is 8.24. The summed E-state index contributed by atoms with van der Waals surface area (Å²) in [5.74, 6) is 0.816. The summed E-state index contributed by atoms with van der Waals surface area (Å²) in [7, 11) is 1.80. The molecule has 2 rings (SSSR count). The molecule has 1 aliphatic heterocycles. The van der Waals surface area contributed by atoms with Crippen molar-refractivity contribution in [1.29, 1.82) is 0 Å². The average molecular weight is 239 g/mol. The van der Waals surface area contributed by atoms with Crippen LogP contribution in [0.5, 0.6) is 0 Å². The number of tetrazole rings is 1. The molecule has 17 heavy (non-hydrogen) atoms. The van der Waals surface area contributed by atoms with Gasteiger partial charge in [-0.05, 0) is 24.6 Å². The van der Waals surface area contributed by atoms with E-state index in [4.69, 9.17) is 4.74 Å². The quantitative estimate of drug-likeness (QED) is 0.793. The first-order valence-electron chi connectivity index (χ1n) is 6.25. The standard InChI is InChI=1S/C11H21N5O/c1-3-12-8-11(5-4-6-17-9-11)7-10-13-15-16(2)14-10/h12H,3-9H2,1-2H3. The zero-order chi connectivity index (χ0) is 12.1. The van der Waals surface area contributed by atoms with Gasteiger partial charge in [0.1, 0.15) is 0 Å². The molecule has 0 amide bonds. The van der Waals surface area contributed by atoms with Gasteiger partial charge in [0.05, 0.1) is 13.7 Å². The van der Waals surface area contributed by atoms with Crippen molar-refractivity contribution in [3.05, 3.63) is 5.82 Å².